The van der Waals surface area contributed by atoms with Crippen molar-refractivity contribution in [2.75, 3.05) is 20.1 Å². The number of benzene rings is 2. The topological polar surface area (TPSA) is 100 Å². The average Bonchev–Trinajstić information content (AvgIpc) is 2.74. The number of likely N-dealkylation sites (N-methyl/N-ethyl adjacent to an activating group) is 1. The van der Waals surface area contributed by atoms with E-state index in [1.165, 1.54) is 6.07 Å². The van der Waals surface area contributed by atoms with Crippen LogP contribution in [0.2, 0.25) is 5.02 Å². The van der Waals surface area contributed by atoms with Gasteiger partial charge in [0.1, 0.15) is 34.3 Å². The second kappa shape index (κ2) is 9.08. The van der Waals surface area contributed by atoms with Crippen molar-refractivity contribution in [1.29, 1.82) is 0 Å². The minimum atomic E-state index is -0.563. The Labute approximate surface area is 196 Å². The lowest BCUT2D eigenvalue weighted by Gasteiger charge is -2.37. The number of nitrogens with zero attached hydrogens (tertiary/aromatic N) is 1. The monoisotopic (exact) mass is 471 g/mol. The van der Waals surface area contributed by atoms with Crippen LogP contribution in [-0.2, 0) is 9.53 Å². The van der Waals surface area contributed by atoms with Gasteiger partial charge in [-0.15, -0.1) is 0 Å². The molecule has 1 fully saturated rings. The fourth-order valence-corrected chi connectivity index (χ4v) is 4.51. The van der Waals surface area contributed by atoms with Crippen molar-refractivity contribution in [2.45, 2.75) is 32.3 Å². The van der Waals surface area contributed by atoms with Gasteiger partial charge in [-0.1, -0.05) is 37.6 Å². The Kier molecular flexibility index (Phi) is 6.36. The standard InChI is InChI=1S/C25H26ClNO6/c1-13(2)25(31)33-21-12-27(3)9-8-15(21)22-17(28)10-18(29)23-19(30)11-20(32-24(22)23)14-6-4-5-7-16(14)26/h4-7,10-11,13,15,21,28-29H,8-9,12H2,1-3H3/t15-,21+/m0/s1. The molecule has 0 unspecified atom stereocenters. The second-order valence-electron chi connectivity index (χ2n) is 8.77. The molecule has 2 heterocycles. The molecule has 3 aromatic rings. The summed E-state index contributed by atoms with van der Waals surface area (Å²) in [5.41, 5.74) is 0.449. The van der Waals surface area contributed by atoms with Gasteiger partial charge in [-0.05, 0) is 32.1 Å². The molecule has 2 N–H and O–H groups in total. The molecular weight excluding hydrogens is 446 g/mol. The van der Waals surface area contributed by atoms with E-state index in [2.05, 4.69) is 0 Å². The van der Waals surface area contributed by atoms with Crippen LogP contribution < -0.4 is 5.43 Å². The highest BCUT2D eigenvalue weighted by molar-refractivity contribution is 6.33. The number of fused-ring (bicyclic) bond motifs is 1. The number of carbonyl (C=O) groups is 1. The molecule has 8 heteroatoms. The molecule has 0 bridgehead atoms. The summed E-state index contributed by atoms with van der Waals surface area (Å²) in [4.78, 5) is 27.5. The van der Waals surface area contributed by atoms with Gasteiger partial charge in [0, 0.05) is 35.7 Å². The lowest BCUT2D eigenvalue weighted by molar-refractivity contribution is -0.156. The summed E-state index contributed by atoms with van der Waals surface area (Å²) in [6.45, 7) is 4.66. The molecule has 33 heavy (non-hydrogen) atoms. The number of hydrogen-bond acceptors (Lipinski definition) is 7. The number of carbonyl (C=O) groups excluding carboxylic acids is 1. The molecule has 174 valence electrons. The second-order valence-corrected chi connectivity index (χ2v) is 9.18. The van der Waals surface area contributed by atoms with Crippen LogP contribution in [0.3, 0.4) is 0 Å². The third kappa shape index (κ3) is 4.43. The van der Waals surface area contributed by atoms with Crippen molar-refractivity contribution in [3.63, 3.8) is 0 Å². The maximum absolute atomic E-state index is 13.0. The molecule has 7 nitrogen and oxygen atoms in total. The summed E-state index contributed by atoms with van der Waals surface area (Å²) < 4.78 is 11.9. The van der Waals surface area contributed by atoms with E-state index in [1.807, 2.05) is 11.9 Å². The van der Waals surface area contributed by atoms with Crippen LogP contribution in [0, 0.1) is 5.92 Å². The zero-order chi connectivity index (χ0) is 23.9. The van der Waals surface area contributed by atoms with E-state index in [9.17, 15) is 19.8 Å². The number of esters is 1. The lowest BCUT2D eigenvalue weighted by Crippen LogP contribution is -2.43. The van der Waals surface area contributed by atoms with Crippen LogP contribution in [0.25, 0.3) is 22.3 Å². The maximum Gasteiger partial charge on any atom is 0.308 e. The molecule has 2 atom stereocenters. The zero-order valence-electron chi connectivity index (χ0n) is 18.7. The third-order valence-electron chi connectivity index (χ3n) is 6.01. The van der Waals surface area contributed by atoms with Crippen LogP contribution in [0.1, 0.15) is 31.7 Å². The molecule has 0 saturated carbocycles. The van der Waals surface area contributed by atoms with Gasteiger partial charge in [0.2, 0.25) is 0 Å². The van der Waals surface area contributed by atoms with Crippen molar-refractivity contribution in [3.05, 3.63) is 57.2 Å². The molecule has 4 rings (SSSR count). The molecular formula is C25H26ClNO6. The SMILES string of the molecule is CC(C)C(=O)O[C@@H]1CN(C)CC[C@@H]1c1c(O)cc(O)c2c(=O)cc(-c3ccccc3Cl)oc12. The van der Waals surface area contributed by atoms with Gasteiger partial charge in [0.15, 0.2) is 5.43 Å². The van der Waals surface area contributed by atoms with Gasteiger partial charge in [-0.3, -0.25) is 9.59 Å². The van der Waals surface area contributed by atoms with Gasteiger partial charge in [0.25, 0.3) is 0 Å². The van der Waals surface area contributed by atoms with E-state index in [0.717, 1.165) is 6.07 Å². The molecule has 0 radical (unpaired) electrons. The van der Waals surface area contributed by atoms with E-state index in [-0.39, 0.29) is 40.1 Å². The number of phenolic OH excluding ortho intramolecular Hbond substituents is 2. The van der Waals surface area contributed by atoms with Crippen LogP contribution in [-0.4, -0.2) is 47.3 Å². The summed E-state index contributed by atoms with van der Waals surface area (Å²) in [5.74, 6) is -1.48. The summed E-state index contributed by atoms with van der Waals surface area (Å²) in [5, 5.41) is 21.7. The summed E-state index contributed by atoms with van der Waals surface area (Å²) >= 11 is 6.32. The van der Waals surface area contributed by atoms with Crippen LogP contribution >= 0.6 is 11.6 Å². The van der Waals surface area contributed by atoms with Gasteiger partial charge >= 0.3 is 5.97 Å². The van der Waals surface area contributed by atoms with Gasteiger partial charge in [-0.25, -0.2) is 0 Å². The molecule has 0 aliphatic carbocycles. The van der Waals surface area contributed by atoms with E-state index < -0.39 is 17.5 Å². The highest BCUT2D eigenvalue weighted by Gasteiger charge is 2.36. The quantitative estimate of drug-likeness (QED) is 0.540. The summed E-state index contributed by atoms with van der Waals surface area (Å²) in [6.07, 6.45) is -0.00780. The van der Waals surface area contributed by atoms with Crippen molar-refractivity contribution >= 4 is 28.5 Å². The first-order valence-electron chi connectivity index (χ1n) is 10.8. The van der Waals surface area contributed by atoms with Crippen molar-refractivity contribution in [1.82, 2.24) is 4.90 Å². The van der Waals surface area contributed by atoms with Crippen LogP contribution in [0.4, 0.5) is 0 Å². The largest absolute Gasteiger partial charge is 0.507 e. The molecule has 2 aromatic carbocycles. The van der Waals surface area contributed by atoms with Crippen molar-refractivity contribution in [3.8, 4) is 22.8 Å². The van der Waals surface area contributed by atoms with Crippen LogP contribution in [0.5, 0.6) is 11.5 Å². The molecule has 1 aliphatic rings. The van der Waals surface area contributed by atoms with Crippen molar-refractivity contribution in [2.24, 2.45) is 5.92 Å². The Hall–Kier alpha value is -3.03. The fourth-order valence-electron chi connectivity index (χ4n) is 4.28. The molecule has 0 spiro atoms. The average molecular weight is 472 g/mol. The van der Waals surface area contributed by atoms with Crippen LogP contribution in [0.15, 0.2) is 45.6 Å². The minimum Gasteiger partial charge on any atom is -0.507 e. The Morgan fingerprint density at radius 1 is 1.21 bits per heavy atom. The predicted molar refractivity (Wildman–Crippen MR) is 126 cm³/mol. The number of aromatic hydroxyl groups is 2. The predicted octanol–water partition coefficient (Wildman–Crippen LogP) is 4.51. The van der Waals surface area contributed by atoms with E-state index >= 15 is 0 Å². The number of phenols is 2. The molecule has 1 aliphatic heterocycles. The Morgan fingerprint density at radius 2 is 1.94 bits per heavy atom. The van der Waals surface area contributed by atoms with Gasteiger partial charge in [-0.2, -0.15) is 0 Å². The zero-order valence-corrected chi connectivity index (χ0v) is 19.4. The number of piperidine rings is 1. The van der Waals surface area contributed by atoms with E-state index in [0.29, 0.717) is 35.7 Å². The molecule has 1 saturated heterocycles. The van der Waals surface area contributed by atoms with Crippen molar-refractivity contribution < 1.29 is 24.2 Å². The Morgan fingerprint density at radius 3 is 2.64 bits per heavy atom. The highest BCUT2D eigenvalue weighted by Crippen LogP contribution is 2.43. The number of halogens is 1. The number of hydrogen-bond donors (Lipinski definition) is 2. The molecule has 0 amide bonds. The molecule has 1 aromatic heterocycles. The first kappa shape index (κ1) is 23.1. The number of rotatable bonds is 4. The summed E-state index contributed by atoms with van der Waals surface area (Å²) in [6, 6.07) is 9.35. The fraction of sp³-hybridized carbons (Fsp3) is 0.360. The number of likely N-dealkylation sites (tertiary alicyclic amines) is 1. The van der Waals surface area contributed by atoms with E-state index in [4.69, 9.17) is 20.8 Å². The Bertz CT molecular complexity index is 1270. The normalized spacial score (nSPS) is 19.2. The lowest BCUT2D eigenvalue weighted by atomic mass is 9.85. The summed E-state index contributed by atoms with van der Waals surface area (Å²) in [7, 11) is 1.93. The van der Waals surface area contributed by atoms with Gasteiger partial charge in [0.05, 0.1) is 10.9 Å². The minimum absolute atomic E-state index is 0.0357. The maximum atomic E-state index is 13.0. The van der Waals surface area contributed by atoms with E-state index in [1.54, 1.807) is 38.1 Å². The first-order chi connectivity index (χ1) is 15.7. The number of ether oxygens (including phenoxy) is 1. The third-order valence-corrected chi connectivity index (χ3v) is 6.34. The highest BCUT2D eigenvalue weighted by atomic mass is 35.5. The smallest absolute Gasteiger partial charge is 0.308 e. The first-order valence-corrected chi connectivity index (χ1v) is 11.2. The van der Waals surface area contributed by atoms with Gasteiger partial charge < -0.3 is 24.3 Å². The Balaban J connectivity index is 1.93.